The monoisotopic (exact) mass is 332 g/mol. The van der Waals surface area contributed by atoms with Gasteiger partial charge in [-0.25, -0.2) is 4.79 Å². The second-order valence-corrected chi connectivity index (χ2v) is 5.20. The zero-order chi connectivity index (χ0) is 17.6. The summed E-state index contributed by atoms with van der Waals surface area (Å²) >= 11 is 0. The Kier molecular flexibility index (Phi) is 4.82. The van der Waals surface area contributed by atoms with Crippen LogP contribution in [0.4, 0.5) is 10.7 Å². The summed E-state index contributed by atoms with van der Waals surface area (Å²) in [5.74, 6) is 0.605. The number of rotatable bonds is 4. The Morgan fingerprint density at radius 1 is 1.08 bits per heavy atom. The average molecular weight is 332 g/mol. The van der Waals surface area contributed by atoms with E-state index in [4.69, 9.17) is 9.15 Å². The normalized spacial score (nSPS) is 10.1. The van der Waals surface area contributed by atoms with Crippen molar-refractivity contribution in [3.63, 3.8) is 0 Å². The molecule has 5 nitrogen and oxygen atoms in total. The highest BCUT2D eigenvalue weighted by Crippen LogP contribution is 2.41. The number of nitrogens with one attached hydrogen (secondary N) is 1. The van der Waals surface area contributed by atoms with Gasteiger partial charge in [0, 0.05) is 11.1 Å². The van der Waals surface area contributed by atoms with Gasteiger partial charge in [-0.2, -0.15) is 5.26 Å². The number of hydrogen-bond acceptors (Lipinski definition) is 4. The van der Waals surface area contributed by atoms with Crippen molar-refractivity contribution in [2.45, 2.75) is 6.92 Å². The number of anilines is 1. The summed E-state index contributed by atoms with van der Waals surface area (Å²) in [6, 6.07) is 21.0. The van der Waals surface area contributed by atoms with E-state index in [2.05, 4.69) is 11.4 Å². The molecule has 124 valence electrons. The van der Waals surface area contributed by atoms with Gasteiger partial charge in [0.1, 0.15) is 17.4 Å². The number of nitrogens with zero attached hydrogens (tertiary/aromatic N) is 1. The van der Waals surface area contributed by atoms with Crippen LogP contribution in [0.1, 0.15) is 12.5 Å². The molecule has 0 aliphatic heterocycles. The van der Waals surface area contributed by atoms with Crippen molar-refractivity contribution in [3.8, 4) is 28.5 Å². The summed E-state index contributed by atoms with van der Waals surface area (Å²) in [6.07, 6.45) is -0.660. The maximum atomic E-state index is 11.8. The first-order chi connectivity index (χ1) is 12.2. The second kappa shape index (κ2) is 7.37. The molecular weight excluding hydrogens is 316 g/mol. The lowest BCUT2D eigenvalue weighted by Crippen LogP contribution is -2.13. The number of hydrogen-bond donors (Lipinski definition) is 1. The Hall–Kier alpha value is -3.52. The molecule has 3 aromatic rings. The van der Waals surface area contributed by atoms with Gasteiger partial charge in [0.05, 0.1) is 6.61 Å². The molecule has 25 heavy (non-hydrogen) atoms. The molecule has 2 aromatic carbocycles. The first-order valence-corrected chi connectivity index (χ1v) is 7.86. The summed E-state index contributed by atoms with van der Waals surface area (Å²) in [4.78, 5) is 11.8. The van der Waals surface area contributed by atoms with Gasteiger partial charge in [-0.15, -0.1) is 0 Å². The molecule has 0 spiro atoms. The van der Waals surface area contributed by atoms with Crippen molar-refractivity contribution < 1.29 is 13.9 Å². The van der Waals surface area contributed by atoms with Crippen molar-refractivity contribution >= 4 is 12.0 Å². The SMILES string of the molecule is CCOC(=O)Nc1oc(-c2ccccc2)c(-c2ccccc2)c1C#N. The van der Waals surface area contributed by atoms with Gasteiger partial charge in [0.15, 0.2) is 0 Å². The quantitative estimate of drug-likeness (QED) is 0.725. The third kappa shape index (κ3) is 3.38. The molecule has 0 saturated carbocycles. The van der Waals surface area contributed by atoms with Crippen LogP contribution in [0.15, 0.2) is 65.1 Å². The Bertz CT molecular complexity index is 909. The van der Waals surface area contributed by atoms with Gasteiger partial charge in [-0.1, -0.05) is 60.7 Å². The predicted octanol–water partition coefficient (Wildman–Crippen LogP) is 5.05. The highest BCUT2D eigenvalue weighted by Gasteiger charge is 2.24. The second-order valence-electron chi connectivity index (χ2n) is 5.20. The summed E-state index contributed by atoms with van der Waals surface area (Å²) < 4.78 is 10.7. The summed E-state index contributed by atoms with van der Waals surface area (Å²) in [5, 5.41) is 12.2. The van der Waals surface area contributed by atoms with Crippen molar-refractivity contribution in [1.82, 2.24) is 0 Å². The fraction of sp³-hybridized carbons (Fsp3) is 0.100. The largest absolute Gasteiger partial charge is 0.450 e. The number of amides is 1. The molecular formula is C20H16N2O3. The molecule has 0 atom stereocenters. The van der Waals surface area contributed by atoms with Crippen LogP contribution in [0, 0.1) is 11.3 Å². The highest BCUT2D eigenvalue weighted by atomic mass is 16.5. The fourth-order valence-electron chi connectivity index (χ4n) is 2.56. The van der Waals surface area contributed by atoms with Crippen LogP contribution in [0.25, 0.3) is 22.5 Å². The molecule has 3 rings (SSSR count). The molecule has 1 N–H and O–H groups in total. The fourth-order valence-corrected chi connectivity index (χ4v) is 2.56. The number of nitriles is 1. The molecule has 1 heterocycles. The Balaban J connectivity index is 2.18. The smallest absolute Gasteiger partial charge is 0.414 e. The van der Waals surface area contributed by atoms with Crippen molar-refractivity contribution in [2.24, 2.45) is 0 Å². The van der Waals surface area contributed by atoms with E-state index in [-0.39, 0.29) is 18.1 Å². The number of furan rings is 1. The molecule has 1 aromatic heterocycles. The third-order valence-corrected chi connectivity index (χ3v) is 3.61. The van der Waals surface area contributed by atoms with Gasteiger partial charge in [0.25, 0.3) is 0 Å². The molecule has 0 saturated heterocycles. The van der Waals surface area contributed by atoms with Crippen molar-refractivity contribution in [3.05, 3.63) is 66.2 Å². The number of ether oxygens (including phenoxy) is 1. The topological polar surface area (TPSA) is 75.3 Å². The average Bonchev–Trinajstić information content (AvgIpc) is 3.01. The Morgan fingerprint density at radius 2 is 1.68 bits per heavy atom. The van der Waals surface area contributed by atoms with E-state index < -0.39 is 6.09 Å². The van der Waals surface area contributed by atoms with Crippen molar-refractivity contribution in [1.29, 1.82) is 5.26 Å². The Labute approximate surface area is 145 Å². The number of carbonyl (C=O) groups excluding carboxylic acids is 1. The molecule has 0 unspecified atom stereocenters. The van der Waals surface area contributed by atoms with Crippen LogP contribution in [-0.2, 0) is 4.74 Å². The molecule has 0 radical (unpaired) electrons. The van der Waals surface area contributed by atoms with E-state index >= 15 is 0 Å². The van der Waals surface area contributed by atoms with Crippen LogP contribution in [0.2, 0.25) is 0 Å². The van der Waals surface area contributed by atoms with Gasteiger partial charge < -0.3 is 9.15 Å². The van der Waals surface area contributed by atoms with E-state index in [9.17, 15) is 10.1 Å². The lowest BCUT2D eigenvalue weighted by molar-refractivity contribution is 0.167. The van der Waals surface area contributed by atoms with Crippen LogP contribution >= 0.6 is 0 Å². The maximum absolute atomic E-state index is 11.8. The zero-order valence-electron chi connectivity index (χ0n) is 13.7. The molecule has 5 heteroatoms. The standard InChI is InChI=1S/C20H16N2O3/c1-2-24-20(23)22-19-16(13-21)17(14-9-5-3-6-10-14)18(25-19)15-11-7-4-8-12-15/h3-12H,2H2,1H3,(H,22,23). The first-order valence-electron chi connectivity index (χ1n) is 7.86. The molecule has 1 amide bonds. The molecule has 0 aliphatic carbocycles. The van der Waals surface area contributed by atoms with Crippen LogP contribution in [-0.4, -0.2) is 12.7 Å². The lowest BCUT2D eigenvalue weighted by atomic mass is 9.98. The van der Waals surface area contributed by atoms with Gasteiger partial charge in [0.2, 0.25) is 5.88 Å². The van der Waals surface area contributed by atoms with Crippen molar-refractivity contribution in [2.75, 3.05) is 11.9 Å². The predicted molar refractivity (Wildman–Crippen MR) is 94.9 cm³/mol. The van der Waals surface area contributed by atoms with Gasteiger partial charge in [-0.3, -0.25) is 5.32 Å². The van der Waals surface area contributed by atoms with E-state index in [1.54, 1.807) is 6.92 Å². The first kappa shape index (κ1) is 16.3. The van der Waals surface area contributed by atoms with Crippen LogP contribution < -0.4 is 5.32 Å². The molecule has 0 aliphatic rings. The van der Waals surface area contributed by atoms with Gasteiger partial charge in [-0.05, 0) is 12.5 Å². The summed E-state index contributed by atoms with van der Waals surface area (Å²) in [5.41, 5.74) is 2.55. The van der Waals surface area contributed by atoms with E-state index in [1.807, 2.05) is 60.7 Å². The third-order valence-electron chi connectivity index (χ3n) is 3.61. The number of carbonyl (C=O) groups is 1. The van der Waals surface area contributed by atoms with E-state index in [1.165, 1.54) is 0 Å². The molecule has 0 fully saturated rings. The zero-order valence-corrected chi connectivity index (χ0v) is 13.7. The van der Waals surface area contributed by atoms with Crippen LogP contribution in [0.5, 0.6) is 0 Å². The minimum atomic E-state index is -0.660. The minimum absolute atomic E-state index is 0.0821. The highest BCUT2D eigenvalue weighted by molar-refractivity contribution is 5.93. The lowest BCUT2D eigenvalue weighted by Gasteiger charge is -2.03. The van der Waals surface area contributed by atoms with E-state index in [0.29, 0.717) is 11.3 Å². The van der Waals surface area contributed by atoms with Gasteiger partial charge >= 0.3 is 6.09 Å². The van der Waals surface area contributed by atoms with Crippen LogP contribution in [0.3, 0.4) is 0 Å². The van der Waals surface area contributed by atoms with E-state index in [0.717, 1.165) is 11.1 Å². The summed E-state index contributed by atoms with van der Waals surface area (Å²) in [6.45, 7) is 1.93. The molecule has 0 bridgehead atoms. The number of benzene rings is 2. The maximum Gasteiger partial charge on any atom is 0.414 e. The Morgan fingerprint density at radius 3 is 2.24 bits per heavy atom. The summed E-state index contributed by atoms with van der Waals surface area (Å²) in [7, 11) is 0. The minimum Gasteiger partial charge on any atom is -0.450 e.